The van der Waals surface area contributed by atoms with E-state index >= 15 is 0 Å². The van der Waals surface area contributed by atoms with Gasteiger partial charge in [-0.3, -0.25) is 0 Å². The van der Waals surface area contributed by atoms with Crippen LogP contribution in [0.25, 0.3) is 0 Å². The van der Waals surface area contributed by atoms with Crippen LogP contribution in [0, 0.1) is 5.41 Å². The van der Waals surface area contributed by atoms with Crippen molar-refractivity contribution in [1.82, 2.24) is 0 Å². The first-order valence-electron chi connectivity index (χ1n) is 3.75. The molecule has 76 valence electrons. The van der Waals surface area contributed by atoms with Crippen LogP contribution < -0.4 is 0 Å². The monoisotopic (exact) mass is 228 g/mol. The molecule has 0 N–H and O–H groups in total. The van der Waals surface area contributed by atoms with Crippen molar-refractivity contribution < 1.29 is 18.2 Å². The predicted octanol–water partition coefficient (Wildman–Crippen LogP) is 2.19. The second-order valence-corrected chi connectivity index (χ2v) is 2.83. The molecule has 0 spiro atoms. The summed E-state index contributed by atoms with van der Waals surface area (Å²) in [7, 11) is 0. The van der Waals surface area contributed by atoms with Gasteiger partial charge in [0.15, 0.2) is 5.41 Å². The summed E-state index contributed by atoms with van der Waals surface area (Å²) in [5.74, 6) is -1.69. The Balaban J connectivity index is 4.90. The zero-order chi connectivity index (χ0) is 10.5. The minimum Gasteiger partial charge on any atom is -0.346 e. The van der Waals surface area contributed by atoms with Gasteiger partial charge in [-0.15, -0.1) is 0 Å². The van der Waals surface area contributed by atoms with Gasteiger partial charge in [0.05, 0.1) is 0 Å². The van der Waals surface area contributed by atoms with Crippen LogP contribution in [0.1, 0.15) is 26.7 Å². The van der Waals surface area contributed by atoms with Gasteiger partial charge in [-0.05, 0) is 12.8 Å². The third-order valence-corrected chi connectivity index (χ3v) is 2.41. The highest BCUT2D eigenvalue weighted by molar-refractivity contribution is 6.19. The quantitative estimate of drug-likeness (QED) is 0.693. The Labute approximate surface area is 86.4 Å². The highest BCUT2D eigenvalue weighted by Crippen LogP contribution is 2.30. The minimum atomic E-state index is -1.39. The molecule has 13 heavy (non-hydrogen) atoms. The molecule has 0 aliphatic heterocycles. The van der Waals surface area contributed by atoms with E-state index in [0.29, 0.717) is 0 Å². The third kappa shape index (κ3) is 2.25. The van der Waals surface area contributed by atoms with Crippen LogP contribution in [-0.4, -0.2) is 11.9 Å². The zero-order valence-corrected chi connectivity index (χ0v) is 8.81. The summed E-state index contributed by atoms with van der Waals surface area (Å²) < 4.78 is 7.99. The smallest absolute Gasteiger partial charge is 0.342 e. The number of carbonyl (C=O) groups is 2. The first-order valence-corrected chi connectivity index (χ1v) is 4.36. The van der Waals surface area contributed by atoms with Crippen molar-refractivity contribution in [3.05, 3.63) is 0 Å². The van der Waals surface area contributed by atoms with Gasteiger partial charge in [-0.2, -0.15) is 0 Å². The lowest BCUT2D eigenvalue weighted by atomic mass is 9.83. The molecule has 0 aromatic heterocycles. The van der Waals surface area contributed by atoms with E-state index in [9.17, 15) is 9.59 Å². The van der Waals surface area contributed by atoms with Crippen molar-refractivity contribution >= 4 is 35.7 Å². The predicted molar refractivity (Wildman–Crippen MR) is 46.9 cm³/mol. The highest BCUT2D eigenvalue weighted by Gasteiger charge is 2.46. The van der Waals surface area contributed by atoms with Gasteiger partial charge in [0.25, 0.3) is 0 Å². The fourth-order valence-electron chi connectivity index (χ4n) is 1.06. The molecule has 0 aromatic carbocycles. The summed E-state index contributed by atoms with van der Waals surface area (Å²) in [6.45, 7) is 3.29. The Morgan fingerprint density at radius 2 is 1.38 bits per heavy atom. The number of rotatable bonds is 4. The average Bonchev–Trinajstić information content (AvgIpc) is 2.19. The maximum absolute atomic E-state index is 11.2. The zero-order valence-electron chi connectivity index (χ0n) is 7.30. The molecule has 0 radical (unpaired) electrons. The lowest BCUT2D eigenvalue weighted by Crippen LogP contribution is -2.38. The lowest BCUT2D eigenvalue weighted by Gasteiger charge is -2.22. The Morgan fingerprint density at radius 1 is 1.08 bits per heavy atom. The normalized spacial score (nSPS) is 10.8. The van der Waals surface area contributed by atoms with Crippen LogP contribution in [-0.2, 0) is 18.2 Å². The van der Waals surface area contributed by atoms with Crippen molar-refractivity contribution in [2.45, 2.75) is 26.7 Å². The Morgan fingerprint density at radius 3 is 1.54 bits per heavy atom. The largest absolute Gasteiger partial charge is 0.346 e. The SMILES string of the molecule is CCC(CC)(C(=O)OCl)C(=O)OCl. The second-order valence-electron chi connectivity index (χ2n) is 2.52. The Hall–Kier alpha value is -0.480. The van der Waals surface area contributed by atoms with Crippen molar-refractivity contribution in [2.75, 3.05) is 0 Å². The van der Waals surface area contributed by atoms with Gasteiger partial charge in [-0.25, -0.2) is 9.59 Å². The molecule has 6 heteroatoms. The Kier molecular flexibility index (Phi) is 5.10. The van der Waals surface area contributed by atoms with Gasteiger partial charge < -0.3 is 8.58 Å². The number of carbonyl (C=O) groups excluding carboxylic acids is 2. The maximum Gasteiger partial charge on any atom is 0.342 e. The first kappa shape index (κ1) is 12.5. The molecule has 0 unspecified atom stereocenters. The van der Waals surface area contributed by atoms with Crippen molar-refractivity contribution in [2.24, 2.45) is 5.41 Å². The number of hydrogen-bond donors (Lipinski definition) is 0. The van der Waals surface area contributed by atoms with E-state index in [4.69, 9.17) is 23.7 Å². The molecule has 0 saturated heterocycles. The first-order chi connectivity index (χ1) is 6.08. The summed E-state index contributed by atoms with van der Waals surface area (Å²) in [4.78, 5) is 22.4. The molecular formula is C7H10Cl2O4. The fourth-order valence-corrected chi connectivity index (χ4v) is 1.35. The molecule has 0 aliphatic rings. The number of halogens is 2. The van der Waals surface area contributed by atoms with Crippen LogP contribution >= 0.6 is 23.7 Å². The second kappa shape index (κ2) is 5.29. The van der Waals surface area contributed by atoms with Gasteiger partial charge in [0, 0.05) is 0 Å². The summed E-state index contributed by atoms with van der Waals surface area (Å²) >= 11 is 9.79. The van der Waals surface area contributed by atoms with E-state index in [1.807, 2.05) is 0 Å². The van der Waals surface area contributed by atoms with Crippen molar-refractivity contribution in [1.29, 1.82) is 0 Å². The minimum absolute atomic E-state index is 0.223. The van der Waals surface area contributed by atoms with E-state index < -0.39 is 17.4 Å². The maximum atomic E-state index is 11.2. The molecule has 0 amide bonds. The lowest BCUT2D eigenvalue weighted by molar-refractivity contribution is -0.161. The van der Waals surface area contributed by atoms with E-state index in [1.54, 1.807) is 13.8 Å². The summed E-state index contributed by atoms with van der Waals surface area (Å²) in [6, 6.07) is 0. The van der Waals surface area contributed by atoms with E-state index in [2.05, 4.69) is 8.58 Å². The van der Waals surface area contributed by atoms with Crippen LogP contribution in [0.2, 0.25) is 0 Å². The molecule has 0 bridgehead atoms. The summed E-state index contributed by atoms with van der Waals surface area (Å²) in [5.41, 5.74) is -1.39. The van der Waals surface area contributed by atoms with Gasteiger partial charge >= 0.3 is 11.9 Å². The van der Waals surface area contributed by atoms with Gasteiger partial charge in [0.1, 0.15) is 23.7 Å². The van der Waals surface area contributed by atoms with Crippen LogP contribution in [0.5, 0.6) is 0 Å². The molecule has 0 heterocycles. The van der Waals surface area contributed by atoms with Gasteiger partial charge in [0.2, 0.25) is 0 Å². The van der Waals surface area contributed by atoms with Gasteiger partial charge in [-0.1, -0.05) is 13.8 Å². The molecule has 0 fully saturated rings. The fraction of sp³-hybridized carbons (Fsp3) is 0.714. The van der Waals surface area contributed by atoms with E-state index in [-0.39, 0.29) is 12.8 Å². The molecule has 0 aromatic rings. The van der Waals surface area contributed by atoms with Crippen LogP contribution in [0.3, 0.4) is 0 Å². The average molecular weight is 229 g/mol. The van der Waals surface area contributed by atoms with Crippen molar-refractivity contribution in [3.8, 4) is 0 Å². The van der Waals surface area contributed by atoms with E-state index in [0.717, 1.165) is 0 Å². The molecule has 0 saturated carbocycles. The van der Waals surface area contributed by atoms with Crippen LogP contribution in [0.15, 0.2) is 0 Å². The topological polar surface area (TPSA) is 52.6 Å². The Bertz CT molecular complexity index is 183. The van der Waals surface area contributed by atoms with E-state index in [1.165, 1.54) is 0 Å². The molecule has 0 rings (SSSR count). The summed E-state index contributed by atoms with van der Waals surface area (Å²) in [5, 5.41) is 0. The molecule has 4 nitrogen and oxygen atoms in total. The standard InChI is InChI=1S/C7H10Cl2O4/c1-3-7(4-2,5(10)12-8)6(11)13-9/h3-4H2,1-2H3. The summed E-state index contributed by atoms with van der Waals surface area (Å²) in [6.07, 6.45) is 0.446. The van der Waals surface area contributed by atoms with Crippen LogP contribution in [0.4, 0.5) is 0 Å². The van der Waals surface area contributed by atoms with Crippen molar-refractivity contribution in [3.63, 3.8) is 0 Å². The highest BCUT2D eigenvalue weighted by atomic mass is 35.5. The molecular weight excluding hydrogens is 219 g/mol. The molecule has 0 atom stereocenters. The number of hydrogen-bond acceptors (Lipinski definition) is 4. The molecule has 0 aliphatic carbocycles. The third-order valence-electron chi connectivity index (χ3n) is 2.13.